The number of nitrogens with one attached hydrogen (secondary N) is 2. The van der Waals surface area contributed by atoms with Gasteiger partial charge in [0, 0.05) is 24.2 Å². The standard InChI is InChI=1S/C27H26N4O4/c1-35-24-11-5-4-10-21(24)28-25(32)17-31-26(33)22(29-27(31)34)16-18-12-13-23(30-14-6-7-15-30)20-9-3-2-8-19(18)20/h2-5,8-13,16H,6-7,14-15,17H2,1H3,(H,28,32)(H,29,34)/b22-16+. The zero-order valence-corrected chi connectivity index (χ0v) is 19.4. The summed E-state index contributed by atoms with van der Waals surface area (Å²) in [4.78, 5) is 41.4. The normalized spacial score (nSPS) is 16.8. The SMILES string of the molecule is COc1ccccc1NC(=O)CN1C(=O)N/C(=C/c2ccc(N3CCCC3)c3ccccc23)C1=O. The van der Waals surface area contributed by atoms with Crippen molar-refractivity contribution < 1.29 is 19.1 Å². The average molecular weight is 471 g/mol. The maximum atomic E-state index is 13.0. The van der Waals surface area contributed by atoms with Crippen molar-refractivity contribution in [2.75, 3.05) is 37.0 Å². The van der Waals surface area contributed by atoms with E-state index >= 15 is 0 Å². The number of amides is 4. The number of anilines is 2. The summed E-state index contributed by atoms with van der Waals surface area (Å²) in [5, 5.41) is 7.41. The maximum Gasteiger partial charge on any atom is 0.329 e. The van der Waals surface area contributed by atoms with Gasteiger partial charge in [0.15, 0.2) is 0 Å². The van der Waals surface area contributed by atoms with Crippen molar-refractivity contribution in [3.63, 3.8) is 0 Å². The third-order valence-electron chi connectivity index (χ3n) is 6.33. The first kappa shape index (κ1) is 22.5. The summed E-state index contributed by atoms with van der Waals surface area (Å²) in [7, 11) is 1.50. The zero-order chi connectivity index (χ0) is 24.4. The lowest BCUT2D eigenvalue weighted by molar-refractivity contribution is -0.127. The Morgan fingerprint density at radius 2 is 1.71 bits per heavy atom. The molecule has 178 valence electrons. The fourth-order valence-corrected chi connectivity index (χ4v) is 4.62. The summed E-state index contributed by atoms with van der Waals surface area (Å²) in [6, 6.07) is 18.4. The molecule has 2 N–H and O–H groups in total. The number of carbonyl (C=O) groups is 3. The van der Waals surface area contributed by atoms with Crippen molar-refractivity contribution in [1.29, 1.82) is 0 Å². The highest BCUT2D eigenvalue weighted by Crippen LogP contribution is 2.33. The number of urea groups is 1. The second kappa shape index (κ2) is 9.50. The Kier molecular flexibility index (Phi) is 6.10. The van der Waals surface area contributed by atoms with Crippen LogP contribution in [0.1, 0.15) is 18.4 Å². The van der Waals surface area contributed by atoms with Gasteiger partial charge in [0.1, 0.15) is 18.0 Å². The molecule has 0 bridgehead atoms. The van der Waals surface area contributed by atoms with Gasteiger partial charge in [-0.15, -0.1) is 0 Å². The fourth-order valence-electron chi connectivity index (χ4n) is 4.62. The van der Waals surface area contributed by atoms with Crippen molar-refractivity contribution in [1.82, 2.24) is 10.2 Å². The number of ether oxygens (including phenoxy) is 1. The lowest BCUT2D eigenvalue weighted by Gasteiger charge is -2.20. The van der Waals surface area contributed by atoms with Gasteiger partial charge >= 0.3 is 6.03 Å². The predicted molar refractivity (Wildman–Crippen MR) is 135 cm³/mol. The summed E-state index contributed by atoms with van der Waals surface area (Å²) < 4.78 is 5.23. The molecular formula is C27H26N4O4. The number of imide groups is 1. The van der Waals surface area contributed by atoms with Gasteiger partial charge in [-0.05, 0) is 48.1 Å². The molecule has 0 radical (unpaired) electrons. The smallest absolute Gasteiger partial charge is 0.329 e. The Balaban J connectivity index is 1.37. The van der Waals surface area contributed by atoms with Gasteiger partial charge in [-0.3, -0.25) is 9.59 Å². The largest absolute Gasteiger partial charge is 0.495 e. The quantitative estimate of drug-likeness (QED) is 0.420. The van der Waals surface area contributed by atoms with E-state index in [-0.39, 0.29) is 5.70 Å². The minimum atomic E-state index is -0.630. The van der Waals surface area contributed by atoms with Crippen molar-refractivity contribution in [3.8, 4) is 5.75 Å². The van der Waals surface area contributed by atoms with Crippen LogP contribution in [0.15, 0.2) is 66.4 Å². The number of para-hydroxylation sites is 2. The molecule has 0 atom stereocenters. The predicted octanol–water partition coefficient (Wildman–Crippen LogP) is 3.98. The Morgan fingerprint density at radius 3 is 2.49 bits per heavy atom. The van der Waals surface area contributed by atoms with Crippen LogP contribution >= 0.6 is 0 Å². The van der Waals surface area contributed by atoms with Gasteiger partial charge in [-0.25, -0.2) is 9.69 Å². The number of fused-ring (bicyclic) bond motifs is 1. The number of methoxy groups -OCH3 is 1. The molecule has 2 saturated heterocycles. The van der Waals surface area contributed by atoms with Crippen LogP contribution in [0, 0.1) is 0 Å². The highest BCUT2D eigenvalue weighted by molar-refractivity contribution is 6.16. The number of carbonyl (C=O) groups excluding carboxylic acids is 3. The van der Waals surface area contributed by atoms with Crippen LogP contribution in [0.5, 0.6) is 5.75 Å². The Hall–Kier alpha value is -4.33. The van der Waals surface area contributed by atoms with Crippen LogP contribution in [0.2, 0.25) is 0 Å². The van der Waals surface area contributed by atoms with Crippen molar-refractivity contribution in [2.24, 2.45) is 0 Å². The molecule has 0 saturated carbocycles. The average Bonchev–Trinajstić information content (AvgIpc) is 3.49. The minimum Gasteiger partial charge on any atom is -0.495 e. The molecule has 3 aromatic carbocycles. The van der Waals surface area contributed by atoms with E-state index in [9.17, 15) is 14.4 Å². The lowest BCUT2D eigenvalue weighted by Crippen LogP contribution is -2.38. The van der Waals surface area contributed by atoms with E-state index < -0.39 is 24.4 Å². The molecule has 8 heteroatoms. The molecular weight excluding hydrogens is 444 g/mol. The highest BCUT2D eigenvalue weighted by Gasteiger charge is 2.35. The van der Waals surface area contributed by atoms with Crippen LogP contribution < -0.4 is 20.3 Å². The first-order chi connectivity index (χ1) is 17.0. The van der Waals surface area contributed by atoms with Gasteiger partial charge in [0.2, 0.25) is 5.91 Å². The molecule has 4 amide bonds. The number of nitrogens with zero attached hydrogens (tertiary/aromatic N) is 2. The van der Waals surface area contributed by atoms with Crippen LogP contribution in [0.3, 0.4) is 0 Å². The number of rotatable bonds is 6. The fraction of sp³-hybridized carbons (Fsp3) is 0.222. The van der Waals surface area contributed by atoms with Crippen LogP contribution in [-0.2, 0) is 9.59 Å². The molecule has 2 fully saturated rings. The number of benzene rings is 3. The summed E-state index contributed by atoms with van der Waals surface area (Å²) in [6.45, 7) is 1.66. The van der Waals surface area contributed by atoms with Gasteiger partial charge in [0.05, 0.1) is 12.8 Å². The Labute approximate surface area is 203 Å². The topological polar surface area (TPSA) is 91.0 Å². The summed E-state index contributed by atoms with van der Waals surface area (Å²) in [5.74, 6) is -0.555. The van der Waals surface area contributed by atoms with E-state index in [1.807, 2.05) is 24.3 Å². The van der Waals surface area contributed by atoms with Crippen LogP contribution in [0.25, 0.3) is 16.8 Å². The Morgan fingerprint density at radius 1 is 1.00 bits per heavy atom. The zero-order valence-electron chi connectivity index (χ0n) is 19.4. The molecule has 3 aromatic rings. The molecule has 5 rings (SSSR count). The highest BCUT2D eigenvalue weighted by atomic mass is 16.5. The second-order valence-electron chi connectivity index (χ2n) is 8.54. The van der Waals surface area contributed by atoms with Crippen molar-refractivity contribution in [3.05, 3.63) is 71.9 Å². The molecule has 0 spiro atoms. The van der Waals surface area contributed by atoms with Gasteiger partial charge in [-0.2, -0.15) is 0 Å². The number of hydrogen-bond donors (Lipinski definition) is 2. The second-order valence-corrected chi connectivity index (χ2v) is 8.54. The Bertz CT molecular complexity index is 1340. The summed E-state index contributed by atoms with van der Waals surface area (Å²) in [6.07, 6.45) is 4.04. The van der Waals surface area contributed by atoms with Crippen molar-refractivity contribution >= 4 is 46.1 Å². The molecule has 2 heterocycles. The number of hydrogen-bond acceptors (Lipinski definition) is 5. The molecule has 0 aliphatic carbocycles. The third kappa shape index (κ3) is 4.42. The maximum absolute atomic E-state index is 13.0. The van der Waals surface area contributed by atoms with Gasteiger partial charge < -0.3 is 20.3 Å². The molecule has 8 nitrogen and oxygen atoms in total. The van der Waals surface area contributed by atoms with Crippen LogP contribution in [0.4, 0.5) is 16.2 Å². The summed E-state index contributed by atoms with van der Waals surface area (Å²) in [5.41, 5.74) is 2.61. The first-order valence-electron chi connectivity index (χ1n) is 11.6. The first-order valence-corrected chi connectivity index (χ1v) is 11.6. The van der Waals surface area contributed by atoms with Gasteiger partial charge in [-0.1, -0.05) is 42.5 Å². The monoisotopic (exact) mass is 470 g/mol. The minimum absolute atomic E-state index is 0.138. The molecule has 35 heavy (non-hydrogen) atoms. The van der Waals surface area contributed by atoms with Gasteiger partial charge in [0.25, 0.3) is 5.91 Å². The third-order valence-corrected chi connectivity index (χ3v) is 6.33. The van der Waals surface area contributed by atoms with Crippen LogP contribution in [-0.4, -0.2) is 49.5 Å². The molecule has 0 unspecified atom stereocenters. The molecule has 0 aromatic heterocycles. The van der Waals surface area contributed by atoms with E-state index in [2.05, 4.69) is 27.7 Å². The summed E-state index contributed by atoms with van der Waals surface area (Å²) >= 11 is 0. The van der Waals surface area contributed by atoms with E-state index in [0.29, 0.717) is 11.4 Å². The van der Waals surface area contributed by atoms with Crippen molar-refractivity contribution in [2.45, 2.75) is 12.8 Å². The molecule has 2 aliphatic heterocycles. The van der Waals surface area contributed by atoms with E-state index in [1.165, 1.54) is 25.6 Å². The molecule has 2 aliphatic rings. The lowest BCUT2D eigenvalue weighted by atomic mass is 10.0. The van der Waals surface area contributed by atoms with E-state index in [4.69, 9.17) is 4.74 Å². The van der Waals surface area contributed by atoms with E-state index in [1.54, 1.807) is 30.3 Å². The van der Waals surface area contributed by atoms with E-state index in [0.717, 1.165) is 34.3 Å².